The molecule has 2 rings (SSSR count). The van der Waals surface area contributed by atoms with E-state index in [2.05, 4.69) is 36.1 Å². The number of benzene rings is 1. The van der Waals surface area contributed by atoms with E-state index in [4.69, 9.17) is 11.2 Å². The molecule has 1 aliphatic rings. The van der Waals surface area contributed by atoms with Crippen LogP contribution in [0, 0.1) is 18.3 Å². The van der Waals surface area contributed by atoms with Crippen LogP contribution in [0.25, 0.3) is 0 Å². The first-order chi connectivity index (χ1) is 16.5. The van der Waals surface area contributed by atoms with E-state index in [0.29, 0.717) is 17.7 Å². The molecule has 35 heavy (non-hydrogen) atoms. The highest BCUT2D eigenvalue weighted by atomic mass is 32.1. The fraction of sp³-hybridized carbons (Fsp3) is 0.593. The zero-order chi connectivity index (χ0) is 26.2. The van der Waals surface area contributed by atoms with Gasteiger partial charge in [-0.25, -0.2) is 4.79 Å². The number of carbonyl (C=O) groups excluding carboxylic acids is 3. The lowest BCUT2D eigenvalue weighted by atomic mass is 9.97. The maximum Gasteiger partial charge on any atom is 0.408 e. The number of nitrogens with one attached hydrogen (secondary N) is 2. The Balaban J connectivity index is 2.43. The number of rotatable bonds is 11. The summed E-state index contributed by atoms with van der Waals surface area (Å²) in [6, 6.07) is 5.13. The van der Waals surface area contributed by atoms with Crippen LogP contribution in [0.2, 0.25) is 0 Å². The van der Waals surface area contributed by atoms with Crippen LogP contribution in [0.5, 0.6) is 0 Å². The largest absolute Gasteiger partial charge is 0.444 e. The minimum Gasteiger partial charge on any atom is -0.444 e. The summed E-state index contributed by atoms with van der Waals surface area (Å²) in [6.45, 7) is 9.88. The van der Waals surface area contributed by atoms with E-state index in [1.54, 1.807) is 43.9 Å². The fourth-order valence-electron chi connectivity index (χ4n) is 3.96. The highest BCUT2D eigenvalue weighted by molar-refractivity contribution is 7.80. The molecule has 1 aromatic carbocycles. The first-order valence-electron chi connectivity index (χ1n) is 12.3. The molecule has 8 heteroatoms. The summed E-state index contributed by atoms with van der Waals surface area (Å²) in [5.74, 6) is 2.25. The molecule has 4 atom stereocenters. The van der Waals surface area contributed by atoms with Crippen LogP contribution in [0.15, 0.2) is 24.3 Å². The van der Waals surface area contributed by atoms with E-state index in [1.807, 2.05) is 13.0 Å². The number of hydrogen-bond donors (Lipinski definition) is 3. The van der Waals surface area contributed by atoms with Gasteiger partial charge in [0.05, 0.1) is 0 Å². The van der Waals surface area contributed by atoms with Gasteiger partial charge in [-0.05, 0) is 51.2 Å². The second-order valence-electron chi connectivity index (χ2n) is 10.0. The zero-order valence-corrected chi connectivity index (χ0v) is 22.4. The normalized spacial score (nSPS) is 18.5. The van der Waals surface area contributed by atoms with Gasteiger partial charge in [0.15, 0.2) is 0 Å². The number of nitrogens with zero attached hydrogens (tertiary/aromatic N) is 1. The highest BCUT2D eigenvalue weighted by Gasteiger charge is 2.48. The maximum atomic E-state index is 13.9. The summed E-state index contributed by atoms with van der Waals surface area (Å²) in [4.78, 5) is 41.5. The molecular weight excluding hydrogens is 462 g/mol. The van der Waals surface area contributed by atoms with Crippen LogP contribution in [-0.2, 0) is 14.3 Å². The maximum absolute atomic E-state index is 13.9. The summed E-state index contributed by atoms with van der Waals surface area (Å²) in [7, 11) is 0. The second kappa shape index (κ2) is 12.9. The molecule has 0 bridgehead atoms. The molecule has 0 heterocycles. The summed E-state index contributed by atoms with van der Waals surface area (Å²) in [6.07, 6.45) is 8.69. The number of amides is 3. The van der Waals surface area contributed by atoms with Gasteiger partial charge in [-0.3, -0.25) is 9.59 Å². The third-order valence-corrected chi connectivity index (χ3v) is 6.23. The van der Waals surface area contributed by atoms with Gasteiger partial charge >= 0.3 is 6.09 Å². The van der Waals surface area contributed by atoms with Crippen molar-refractivity contribution in [3.8, 4) is 12.3 Å². The second-order valence-corrected chi connectivity index (χ2v) is 10.4. The van der Waals surface area contributed by atoms with E-state index in [9.17, 15) is 14.4 Å². The lowest BCUT2D eigenvalue weighted by Gasteiger charge is -2.35. The molecule has 1 saturated carbocycles. The Morgan fingerprint density at radius 3 is 2.46 bits per heavy atom. The van der Waals surface area contributed by atoms with Crippen molar-refractivity contribution in [1.29, 1.82) is 0 Å². The van der Waals surface area contributed by atoms with Crippen molar-refractivity contribution >= 4 is 30.5 Å². The van der Waals surface area contributed by atoms with Crippen molar-refractivity contribution in [3.63, 3.8) is 0 Å². The van der Waals surface area contributed by atoms with Gasteiger partial charge in [0, 0.05) is 23.9 Å². The Labute approximate surface area is 215 Å². The molecule has 0 saturated heterocycles. The minimum atomic E-state index is -0.964. The Kier molecular flexibility index (Phi) is 10.5. The molecule has 0 aromatic heterocycles. The summed E-state index contributed by atoms with van der Waals surface area (Å²) in [5.41, 5.74) is 0.423. The van der Waals surface area contributed by atoms with Gasteiger partial charge < -0.3 is 20.3 Å². The lowest BCUT2D eigenvalue weighted by Crippen LogP contribution is -2.55. The first-order valence-corrected chi connectivity index (χ1v) is 12.9. The van der Waals surface area contributed by atoms with Crippen LogP contribution in [-0.4, -0.2) is 52.8 Å². The zero-order valence-electron chi connectivity index (χ0n) is 21.5. The summed E-state index contributed by atoms with van der Waals surface area (Å²) in [5, 5.41) is 5.63. The van der Waals surface area contributed by atoms with Gasteiger partial charge in [0.1, 0.15) is 17.7 Å². The SMILES string of the molecule is C#Cc1ccccc1C(C(=O)NCCCCC)N(C(=O)C(CS)NC(=O)OC(C)(C)C)C1CC1C. The van der Waals surface area contributed by atoms with Gasteiger partial charge in [0.2, 0.25) is 11.8 Å². The molecule has 4 unspecified atom stereocenters. The predicted octanol–water partition coefficient (Wildman–Crippen LogP) is 4.08. The van der Waals surface area contributed by atoms with Crippen LogP contribution in [0.1, 0.15) is 77.5 Å². The predicted molar refractivity (Wildman–Crippen MR) is 141 cm³/mol. The Bertz CT molecular complexity index is 937. The van der Waals surface area contributed by atoms with Crippen molar-refractivity contribution in [1.82, 2.24) is 15.5 Å². The Morgan fingerprint density at radius 1 is 1.26 bits per heavy atom. The quantitative estimate of drug-likeness (QED) is 0.242. The minimum absolute atomic E-state index is 0.0529. The van der Waals surface area contributed by atoms with E-state index < -0.39 is 23.8 Å². The molecular formula is C27H39N3O4S. The number of thiol groups is 1. The standard InChI is InChI=1S/C27H39N3O4S/c1-7-9-12-15-28-24(31)23(20-14-11-10-13-19(20)8-2)30(22-16-18(22)3)25(32)21(17-35)29-26(33)34-27(4,5)6/h2,10-11,13-14,18,21-23,35H,7,9,12,15-17H2,1,3-6H3,(H,28,31)(H,29,33). The third kappa shape index (κ3) is 8.21. The first kappa shape index (κ1) is 28.6. The van der Waals surface area contributed by atoms with Gasteiger partial charge in [-0.15, -0.1) is 6.42 Å². The molecule has 192 valence electrons. The topological polar surface area (TPSA) is 87.7 Å². The fourth-order valence-corrected chi connectivity index (χ4v) is 4.20. The molecule has 2 N–H and O–H groups in total. The van der Waals surface area contributed by atoms with Gasteiger partial charge in [-0.1, -0.05) is 50.8 Å². The smallest absolute Gasteiger partial charge is 0.408 e. The van der Waals surface area contributed by atoms with Crippen LogP contribution in [0.4, 0.5) is 4.79 Å². The van der Waals surface area contributed by atoms with Gasteiger partial charge in [0.25, 0.3) is 0 Å². The van der Waals surface area contributed by atoms with Crippen molar-refractivity contribution < 1.29 is 19.1 Å². The average Bonchev–Trinajstić information content (AvgIpc) is 3.52. The Hall–Kier alpha value is -2.66. The summed E-state index contributed by atoms with van der Waals surface area (Å²) < 4.78 is 5.34. The van der Waals surface area contributed by atoms with Crippen LogP contribution in [0.3, 0.4) is 0 Å². The lowest BCUT2D eigenvalue weighted by molar-refractivity contribution is -0.143. The third-order valence-electron chi connectivity index (χ3n) is 5.87. The molecule has 1 aromatic rings. The molecule has 0 radical (unpaired) electrons. The number of carbonyl (C=O) groups is 3. The molecule has 1 fully saturated rings. The van der Waals surface area contributed by atoms with Crippen LogP contribution >= 0.6 is 12.6 Å². The van der Waals surface area contributed by atoms with E-state index in [-0.39, 0.29) is 29.5 Å². The van der Waals surface area contributed by atoms with Crippen LogP contribution < -0.4 is 10.6 Å². The molecule has 0 spiro atoms. The number of ether oxygens (including phenoxy) is 1. The Morgan fingerprint density at radius 2 is 1.91 bits per heavy atom. The number of alkyl carbamates (subject to hydrolysis) is 1. The van der Waals surface area contributed by atoms with Crippen molar-refractivity contribution in [2.45, 2.75) is 84.0 Å². The van der Waals surface area contributed by atoms with E-state index in [0.717, 1.165) is 25.7 Å². The molecule has 0 aliphatic heterocycles. The highest BCUT2D eigenvalue weighted by Crippen LogP contribution is 2.41. The molecule has 7 nitrogen and oxygen atoms in total. The average molecular weight is 502 g/mol. The van der Waals surface area contributed by atoms with E-state index in [1.165, 1.54) is 0 Å². The number of hydrogen-bond acceptors (Lipinski definition) is 5. The summed E-state index contributed by atoms with van der Waals surface area (Å²) >= 11 is 4.32. The van der Waals surface area contributed by atoms with E-state index >= 15 is 0 Å². The van der Waals surface area contributed by atoms with Gasteiger partial charge in [-0.2, -0.15) is 12.6 Å². The van der Waals surface area contributed by atoms with Crippen molar-refractivity contribution in [3.05, 3.63) is 35.4 Å². The van der Waals surface area contributed by atoms with Crippen molar-refractivity contribution in [2.75, 3.05) is 12.3 Å². The monoisotopic (exact) mass is 501 g/mol. The number of terminal acetylenes is 1. The van der Waals surface area contributed by atoms with Crippen molar-refractivity contribution in [2.24, 2.45) is 5.92 Å². The molecule has 1 aliphatic carbocycles. The molecule has 3 amide bonds. The number of unbranched alkanes of at least 4 members (excludes halogenated alkanes) is 2.